The Balaban J connectivity index is 3.32. The summed E-state index contributed by atoms with van der Waals surface area (Å²) in [5.41, 5.74) is 7.27. The van der Waals surface area contributed by atoms with E-state index in [9.17, 15) is 24.0 Å². The summed E-state index contributed by atoms with van der Waals surface area (Å²) in [5.74, 6) is -2.74. The summed E-state index contributed by atoms with van der Waals surface area (Å²) in [6.45, 7) is -0.328. The van der Waals surface area contributed by atoms with Gasteiger partial charge in [0, 0.05) is 31.4 Å². The second-order valence-corrected chi connectivity index (χ2v) is 8.83. The normalized spacial score (nSPS) is 11.7. The van der Waals surface area contributed by atoms with Gasteiger partial charge in [-0.05, 0) is 24.1 Å². The number of nitrogen functional groups attached to an aromatic ring is 1. The number of methoxy groups -OCH3 is 5. The van der Waals surface area contributed by atoms with Crippen LogP contribution < -0.4 is 5.73 Å². The molecular formula is C26H40N4O10. The zero-order valence-electron chi connectivity index (χ0n) is 23.8. The number of ether oxygens (including phenoxy) is 5. The van der Waals surface area contributed by atoms with Crippen LogP contribution in [0, 0.1) is 0 Å². The van der Waals surface area contributed by atoms with Crippen LogP contribution in [0.4, 0.5) is 5.69 Å². The van der Waals surface area contributed by atoms with Crippen LogP contribution in [-0.2, 0) is 54.1 Å². The van der Waals surface area contributed by atoms with E-state index in [0.717, 1.165) is 5.56 Å². The highest BCUT2D eigenvalue weighted by Crippen LogP contribution is 2.14. The van der Waals surface area contributed by atoms with Crippen molar-refractivity contribution in [3.05, 3.63) is 29.8 Å². The summed E-state index contributed by atoms with van der Waals surface area (Å²) in [5, 5.41) is 0. The molecule has 0 aliphatic carbocycles. The second kappa shape index (κ2) is 18.5. The Kier molecular flexibility index (Phi) is 15.9. The van der Waals surface area contributed by atoms with E-state index in [1.165, 1.54) is 40.4 Å². The molecule has 2 N–H and O–H groups in total. The van der Waals surface area contributed by atoms with Gasteiger partial charge in [-0.1, -0.05) is 12.1 Å². The van der Waals surface area contributed by atoms with Crippen molar-refractivity contribution in [1.29, 1.82) is 0 Å². The lowest BCUT2D eigenvalue weighted by atomic mass is 10.0. The molecule has 1 aromatic carbocycles. The molecule has 0 bridgehead atoms. The van der Waals surface area contributed by atoms with Crippen LogP contribution in [0.1, 0.15) is 5.56 Å². The molecule has 14 heteroatoms. The average Bonchev–Trinajstić information content (AvgIpc) is 2.95. The first-order valence-corrected chi connectivity index (χ1v) is 12.4. The first-order chi connectivity index (χ1) is 19.0. The molecule has 0 fully saturated rings. The number of benzene rings is 1. The van der Waals surface area contributed by atoms with Crippen molar-refractivity contribution in [2.45, 2.75) is 12.5 Å². The van der Waals surface area contributed by atoms with Crippen molar-refractivity contribution in [2.75, 3.05) is 93.6 Å². The minimum Gasteiger partial charge on any atom is -0.468 e. The lowest BCUT2D eigenvalue weighted by Gasteiger charge is -2.35. The Morgan fingerprint density at radius 1 is 0.625 bits per heavy atom. The van der Waals surface area contributed by atoms with Crippen LogP contribution in [-0.4, -0.2) is 138 Å². The number of rotatable bonds is 18. The standard InChI is InChI=1S/C26H40N4O10/c1-36-22(31)14-28(10-11-29(15-23(32)37-2)16-24(33)38-3)13-21(12-19-6-8-20(27)9-7-19)30(17-25(34)39-4)18-26(35)40-5/h6-9,21H,10-18,27H2,1-5H3. The van der Waals surface area contributed by atoms with Crippen molar-refractivity contribution >= 4 is 35.5 Å². The number of anilines is 1. The highest BCUT2D eigenvalue weighted by Gasteiger charge is 2.28. The predicted molar refractivity (Wildman–Crippen MR) is 143 cm³/mol. The van der Waals surface area contributed by atoms with Crippen molar-refractivity contribution in [1.82, 2.24) is 14.7 Å². The summed E-state index contributed by atoms with van der Waals surface area (Å²) in [6.07, 6.45) is 0.375. The molecule has 224 valence electrons. The van der Waals surface area contributed by atoms with E-state index in [1.54, 1.807) is 21.9 Å². The van der Waals surface area contributed by atoms with Gasteiger partial charge >= 0.3 is 29.8 Å². The zero-order valence-corrected chi connectivity index (χ0v) is 23.8. The maximum Gasteiger partial charge on any atom is 0.319 e. The molecule has 0 radical (unpaired) electrons. The van der Waals surface area contributed by atoms with E-state index in [2.05, 4.69) is 0 Å². The Morgan fingerprint density at radius 3 is 1.43 bits per heavy atom. The third kappa shape index (κ3) is 13.4. The number of hydrogen-bond donors (Lipinski definition) is 1. The van der Waals surface area contributed by atoms with E-state index >= 15 is 0 Å². The van der Waals surface area contributed by atoms with Crippen molar-refractivity contribution < 1.29 is 47.7 Å². The molecular weight excluding hydrogens is 528 g/mol. The van der Waals surface area contributed by atoms with E-state index in [4.69, 9.17) is 29.4 Å². The quantitative estimate of drug-likeness (QED) is 0.129. The first kappa shape index (κ1) is 34.3. The van der Waals surface area contributed by atoms with Crippen molar-refractivity contribution in [2.24, 2.45) is 0 Å². The van der Waals surface area contributed by atoms with Gasteiger partial charge in [0.1, 0.15) is 0 Å². The SMILES string of the molecule is COC(=O)CN(CCN(CC(=O)OC)CC(Cc1ccc(N)cc1)N(CC(=O)OC)CC(=O)OC)CC(=O)OC. The van der Waals surface area contributed by atoms with Crippen LogP contribution in [0.5, 0.6) is 0 Å². The minimum atomic E-state index is -0.562. The maximum absolute atomic E-state index is 12.3. The molecule has 0 aromatic heterocycles. The molecule has 0 saturated heterocycles. The van der Waals surface area contributed by atoms with Gasteiger partial charge in [0.2, 0.25) is 0 Å². The van der Waals surface area contributed by atoms with E-state index in [-0.39, 0.29) is 52.4 Å². The van der Waals surface area contributed by atoms with Crippen LogP contribution >= 0.6 is 0 Å². The fourth-order valence-corrected chi connectivity index (χ4v) is 3.78. The molecule has 0 amide bonds. The summed E-state index contributed by atoms with van der Waals surface area (Å²) in [4.78, 5) is 65.5. The number of carbonyl (C=O) groups is 5. The molecule has 0 spiro atoms. The van der Waals surface area contributed by atoms with Crippen LogP contribution in [0.3, 0.4) is 0 Å². The number of nitrogens with two attached hydrogens (primary N) is 1. The number of nitrogens with zero attached hydrogens (tertiary/aromatic N) is 3. The molecule has 0 saturated carbocycles. The highest BCUT2D eigenvalue weighted by molar-refractivity contribution is 5.75. The third-order valence-corrected chi connectivity index (χ3v) is 6.03. The smallest absolute Gasteiger partial charge is 0.319 e. The number of esters is 5. The van der Waals surface area contributed by atoms with Gasteiger partial charge < -0.3 is 29.4 Å². The van der Waals surface area contributed by atoms with Gasteiger partial charge in [-0.25, -0.2) is 0 Å². The number of hydrogen-bond acceptors (Lipinski definition) is 14. The Hall–Kier alpha value is -3.75. The van der Waals surface area contributed by atoms with Crippen molar-refractivity contribution in [3.63, 3.8) is 0 Å². The van der Waals surface area contributed by atoms with Gasteiger partial charge in [-0.3, -0.25) is 38.7 Å². The fraction of sp³-hybridized carbons (Fsp3) is 0.577. The summed E-state index contributed by atoms with van der Waals surface area (Å²) in [7, 11) is 6.22. The topological polar surface area (TPSA) is 167 Å². The Labute approximate surface area is 234 Å². The van der Waals surface area contributed by atoms with Crippen LogP contribution in [0.25, 0.3) is 0 Å². The zero-order chi connectivity index (χ0) is 30.1. The lowest BCUT2D eigenvalue weighted by molar-refractivity contribution is -0.148. The van der Waals surface area contributed by atoms with Gasteiger partial charge in [0.15, 0.2) is 0 Å². The third-order valence-electron chi connectivity index (χ3n) is 6.03. The summed E-state index contributed by atoms with van der Waals surface area (Å²) < 4.78 is 24.0. The molecule has 1 atom stereocenters. The largest absolute Gasteiger partial charge is 0.468 e. The fourth-order valence-electron chi connectivity index (χ4n) is 3.78. The monoisotopic (exact) mass is 568 g/mol. The molecule has 0 aliphatic rings. The summed E-state index contributed by atoms with van der Waals surface area (Å²) >= 11 is 0. The predicted octanol–water partition coefficient (Wildman–Crippen LogP) is -1.05. The molecule has 14 nitrogen and oxygen atoms in total. The van der Waals surface area contributed by atoms with E-state index in [1.807, 2.05) is 12.1 Å². The van der Waals surface area contributed by atoms with Gasteiger partial charge in [0.25, 0.3) is 0 Å². The van der Waals surface area contributed by atoms with Crippen LogP contribution in [0.15, 0.2) is 24.3 Å². The van der Waals surface area contributed by atoms with Gasteiger partial charge in [0.05, 0.1) is 68.3 Å². The number of carbonyl (C=O) groups excluding carboxylic acids is 5. The van der Waals surface area contributed by atoms with Crippen LogP contribution in [0.2, 0.25) is 0 Å². The first-order valence-electron chi connectivity index (χ1n) is 12.4. The molecule has 0 aliphatic heterocycles. The molecule has 1 unspecified atom stereocenters. The van der Waals surface area contributed by atoms with Gasteiger partial charge in [-0.2, -0.15) is 0 Å². The lowest BCUT2D eigenvalue weighted by Crippen LogP contribution is -2.51. The highest BCUT2D eigenvalue weighted by atomic mass is 16.5. The summed E-state index contributed by atoms with van der Waals surface area (Å²) in [6, 6.07) is 6.65. The van der Waals surface area contributed by atoms with Gasteiger partial charge in [-0.15, -0.1) is 0 Å². The average molecular weight is 569 g/mol. The van der Waals surface area contributed by atoms with E-state index < -0.39 is 35.9 Å². The minimum absolute atomic E-state index is 0.136. The molecule has 1 aromatic rings. The molecule has 40 heavy (non-hydrogen) atoms. The Bertz CT molecular complexity index is 937. The van der Waals surface area contributed by atoms with E-state index in [0.29, 0.717) is 12.1 Å². The Morgan fingerprint density at radius 2 is 1.00 bits per heavy atom. The van der Waals surface area contributed by atoms with Crippen molar-refractivity contribution in [3.8, 4) is 0 Å². The maximum atomic E-state index is 12.3. The molecule has 0 heterocycles. The molecule has 1 rings (SSSR count). The second-order valence-electron chi connectivity index (χ2n) is 8.83.